The van der Waals surface area contributed by atoms with Crippen LogP contribution in [0.2, 0.25) is 0 Å². The standard InChI is InChI=1S/C15H19F2N3O/c1-3-8-19-15(18-4-2)20-10-12-6-5-7-13(9-12)21-11-14(16)17/h1,5-7,9,14H,4,8,10-11H2,2H3,(H2,18,19,20). The normalized spacial score (nSPS) is 11.1. The average Bonchev–Trinajstić information content (AvgIpc) is 2.48. The zero-order chi connectivity index (χ0) is 15.5. The summed E-state index contributed by atoms with van der Waals surface area (Å²) < 4.78 is 29.2. The van der Waals surface area contributed by atoms with Gasteiger partial charge in [0, 0.05) is 6.54 Å². The quantitative estimate of drug-likeness (QED) is 0.459. The predicted molar refractivity (Wildman–Crippen MR) is 79.6 cm³/mol. The Morgan fingerprint density at radius 1 is 1.43 bits per heavy atom. The summed E-state index contributed by atoms with van der Waals surface area (Å²) in [6.07, 6.45) is 2.70. The summed E-state index contributed by atoms with van der Waals surface area (Å²) in [4.78, 5) is 4.35. The Labute approximate surface area is 123 Å². The van der Waals surface area contributed by atoms with Crippen molar-refractivity contribution in [2.24, 2.45) is 4.99 Å². The van der Waals surface area contributed by atoms with Gasteiger partial charge >= 0.3 is 0 Å². The van der Waals surface area contributed by atoms with Gasteiger partial charge in [-0.25, -0.2) is 13.8 Å². The molecule has 1 rings (SSSR count). The zero-order valence-electron chi connectivity index (χ0n) is 11.9. The molecule has 0 aliphatic carbocycles. The molecular formula is C15H19F2N3O. The largest absolute Gasteiger partial charge is 0.488 e. The number of halogens is 2. The van der Waals surface area contributed by atoms with Crippen LogP contribution in [0.3, 0.4) is 0 Å². The molecule has 0 aliphatic rings. The summed E-state index contributed by atoms with van der Waals surface area (Å²) in [5.41, 5.74) is 0.861. The maximum absolute atomic E-state index is 12.1. The van der Waals surface area contributed by atoms with E-state index in [9.17, 15) is 8.78 Å². The molecule has 0 atom stereocenters. The third-order valence-corrected chi connectivity index (χ3v) is 2.40. The molecule has 0 aliphatic heterocycles. The highest BCUT2D eigenvalue weighted by Crippen LogP contribution is 2.14. The Morgan fingerprint density at radius 2 is 2.24 bits per heavy atom. The van der Waals surface area contributed by atoms with Crippen LogP contribution in [0.15, 0.2) is 29.3 Å². The lowest BCUT2D eigenvalue weighted by Gasteiger charge is -2.09. The first kappa shape index (κ1) is 16.8. The van der Waals surface area contributed by atoms with Crippen molar-refractivity contribution >= 4 is 5.96 Å². The molecule has 0 saturated heterocycles. The number of ether oxygens (including phenoxy) is 1. The first-order valence-corrected chi connectivity index (χ1v) is 6.61. The molecule has 0 saturated carbocycles. The van der Waals surface area contributed by atoms with Crippen molar-refractivity contribution in [1.82, 2.24) is 10.6 Å². The molecule has 0 bridgehead atoms. The van der Waals surface area contributed by atoms with E-state index in [-0.39, 0.29) is 0 Å². The number of nitrogens with zero attached hydrogens (tertiary/aromatic N) is 1. The lowest BCUT2D eigenvalue weighted by Crippen LogP contribution is -2.37. The Bertz CT molecular complexity index is 498. The number of benzene rings is 1. The fourth-order valence-electron chi connectivity index (χ4n) is 1.54. The fourth-order valence-corrected chi connectivity index (χ4v) is 1.54. The van der Waals surface area contributed by atoms with Crippen LogP contribution >= 0.6 is 0 Å². The van der Waals surface area contributed by atoms with E-state index < -0.39 is 13.0 Å². The Balaban J connectivity index is 2.63. The second-order valence-corrected chi connectivity index (χ2v) is 4.10. The maximum atomic E-state index is 12.1. The highest BCUT2D eigenvalue weighted by molar-refractivity contribution is 5.79. The third-order valence-electron chi connectivity index (χ3n) is 2.40. The zero-order valence-corrected chi connectivity index (χ0v) is 11.9. The first-order chi connectivity index (χ1) is 10.2. The number of guanidine groups is 1. The molecule has 0 radical (unpaired) electrons. The number of hydrogen-bond donors (Lipinski definition) is 2. The second-order valence-electron chi connectivity index (χ2n) is 4.10. The molecule has 1 aromatic carbocycles. The summed E-state index contributed by atoms with van der Waals surface area (Å²) in [7, 11) is 0. The van der Waals surface area contributed by atoms with Crippen molar-refractivity contribution in [3.63, 3.8) is 0 Å². The third kappa shape index (κ3) is 7.16. The summed E-state index contributed by atoms with van der Waals surface area (Å²) in [5.74, 6) is 3.48. The van der Waals surface area contributed by atoms with E-state index in [0.29, 0.717) is 31.3 Å². The van der Waals surface area contributed by atoms with E-state index in [0.717, 1.165) is 5.56 Å². The van der Waals surface area contributed by atoms with Crippen LogP contribution in [0.5, 0.6) is 5.75 Å². The van der Waals surface area contributed by atoms with Crippen LogP contribution in [0, 0.1) is 12.3 Å². The van der Waals surface area contributed by atoms with Gasteiger partial charge in [0.2, 0.25) is 0 Å². The van der Waals surface area contributed by atoms with E-state index in [1.807, 2.05) is 13.0 Å². The van der Waals surface area contributed by atoms with Crippen molar-refractivity contribution in [2.75, 3.05) is 19.7 Å². The van der Waals surface area contributed by atoms with E-state index in [4.69, 9.17) is 11.2 Å². The number of terminal acetylenes is 1. The highest BCUT2D eigenvalue weighted by Gasteiger charge is 2.04. The Hall–Kier alpha value is -2.29. The number of hydrogen-bond acceptors (Lipinski definition) is 2. The maximum Gasteiger partial charge on any atom is 0.272 e. The Kier molecular flexibility index (Phi) is 7.65. The van der Waals surface area contributed by atoms with Crippen molar-refractivity contribution in [3.05, 3.63) is 29.8 Å². The molecule has 1 aromatic rings. The van der Waals surface area contributed by atoms with Crippen LogP contribution in [0.1, 0.15) is 12.5 Å². The van der Waals surface area contributed by atoms with E-state index in [1.165, 1.54) is 0 Å². The molecule has 0 heterocycles. The van der Waals surface area contributed by atoms with E-state index >= 15 is 0 Å². The van der Waals surface area contributed by atoms with Gasteiger partial charge in [0.15, 0.2) is 5.96 Å². The van der Waals surface area contributed by atoms with Gasteiger partial charge in [-0.2, -0.15) is 0 Å². The van der Waals surface area contributed by atoms with Crippen molar-refractivity contribution < 1.29 is 13.5 Å². The van der Waals surface area contributed by atoms with Crippen molar-refractivity contribution in [2.45, 2.75) is 19.9 Å². The molecule has 21 heavy (non-hydrogen) atoms. The summed E-state index contributed by atoms with van der Waals surface area (Å²) in [5, 5.41) is 6.02. The SMILES string of the molecule is C#CCNC(=NCc1cccc(OCC(F)F)c1)NCC. The van der Waals surface area contributed by atoms with Crippen LogP contribution in [-0.4, -0.2) is 32.1 Å². The van der Waals surface area contributed by atoms with Gasteiger partial charge in [-0.1, -0.05) is 18.1 Å². The predicted octanol–water partition coefficient (Wildman–Crippen LogP) is 2.02. The van der Waals surface area contributed by atoms with Gasteiger partial charge < -0.3 is 15.4 Å². The summed E-state index contributed by atoms with van der Waals surface area (Å²) in [6, 6.07) is 6.92. The van der Waals surface area contributed by atoms with Crippen LogP contribution in [0.25, 0.3) is 0 Å². The first-order valence-electron chi connectivity index (χ1n) is 6.61. The molecule has 0 fully saturated rings. The second kappa shape index (κ2) is 9.59. The van der Waals surface area contributed by atoms with Crippen molar-refractivity contribution in [1.29, 1.82) is 0 Å². The van der Waals surface area contributed by atoms with Gasteiger partial charge in [0.25, 0.3) is 6.43 Å². The highest BCUT2D eigenvalue weighted by atomic mass is 19.3. The molecule has 0 spiro atoms. The molecule has 0 unspecified atom stereocenters. The molecule has 0 aromatic heterocycles. The smallest absolute Gasteiger partial charge is 0.272 e. The van der Waals surface area contributed by atoms with Gasteiger partial charge in [0.05, 0.1) is 13.1 Å². The van der Waals surface area contributed by atoms with Gasteiger partial charge in [-0.05, 0) is 24.6 Å². The van der Waals surface area contributed by atoms with E-state index in [2.05, 4.69) is 21.5 Å². The summed E-state index contributed by atoms with van der Waals surface area (Å²) in [6.45, 7) is 2.83. The van der Waals surface area contributed by atoms with Gasteiger partial charge in [0.1, 0.15) is 12.4 Å². The number of aliphatic imine (C=N–C) groups is 1. The molecular weight excluding hydrogens is 276 g/mol. The average molecular weight is 295 g/mol. The molecule has 114 valence electrons. The molecule has 6 heteroatoms. The van der Waals surface area contributed by atoms with Gasteiger partial charge in [-0.15, -0.1) is 6.42 Å². The molecule has 4 nitrogen and oxygen atoms in total. The molecule has 0 amide bonds. The summed E-state index contributed by atoms with van der Waals surface area (Å²) >= 11 is 0. The minimum absolute atomic E-state index is 0.378. The minimum Gasteiger partial charge on any atom is -0.488 e. The minimum atomic E-state index is -2.49. The van der Waals surface area contributed by atoms with E-state index in [1.54, 1.807) is 18.2 Å². The number of nitrogens with one attached hydrogen (secondary N) is 2. The Morgan fingerprint density at radius 3 is 2.90 bits per heavy atom. The van der Waals surface area contributed by atoms with Crippen LogP contribution in [0.4, 0.5) is 8.78 Å². The topological polar surface area (TPSA) is 45.7 Å². The lowest BCUT2D eigenvalue weighted by molar-refractivity contribution is 0.0818. The molecule has 2 N–H and O–H groups in total. The van der Waals surface area contributed by atoms with Gasteiger partial charge in [-0.3, -0.25) is 0 Å². The number of rotatable bonds is 7. The number of alkyl halides is 2. The van der Waals surface area contributed by atoms with Crippen LogP contribution in [-0.2, 0) is 6.54 Å². The lowest BCUT2D eigenvalue weighted by atomic mass is 10.2. The monoisotopic (exact) mass is 295 g/mol. The van der Waals surface area contributed by atoms with Crippen LogP contribution < -0.4 is 15.4 Å². The fraction of sp³-hybridized carbons (Fsp3) is 0.400. The van der Waals surface area contributed by atoms with Crippen molar-refractivity contribution in [3.8, 4) is 18.1 Å².